The first-order valence-electron chi connectivity index (χ1n) is 13.5. The van der Waals surface area contributed by atoms with Crippen LogP contribution >= 0.6 is 0 Å². The minimum absolute atomic E-state index is 0.210. The van der Waals surface area contributed by atoms with Gasteiger partial charge in [0.05, 0.1) is 24.4 Å². The molecule has 41 heavy (non-hydrogen) atoms. The molecule has 0 spiro atoms. The number of nitrogens with one attached hydrogen (secondary N) is 2. The maximum Gasteiger partial charge on any atom is 0.407 e. The van der Waals surface area contributed by atoms with E-state index in [0.29, 0.717) is 54.4 Å². The van der Waals surface area contributed by atoms with Gasteiger partial charge in [0.15, 0.2) is 0 Å². The van der Waals surface area contributed by atoms with Crippen LogP contribution in [0.4, 0.5) is 10.7 Å². The monoisotopic (exact) mass is 567 g/mol. The molecule has 1 aliphatic rings. The Morgan fingerprint density at radius 3 is 2.66 bits per heavy atom. The van der Waals surface area contributed by atoms with Gasteiger partial charge in [0, 0.05) is 31.6 Å². The number of primary amides is 1. The summed E-state index contributed by atoms with van der Waals surface area (Å²) in [7, 11) is 0. The zero-order valence-corrected chi connectivity index (χ0v) is 24.0. The molecule has 0 aliphatic carbocycles. The lowest BCUT2D eigenvalue weighted by Gasteiger charge is -2.19. The maximum absolute atomic E-state index is 13.3. The van der Waals surface area contributed by atoms with E-state index >= 15 is 0 Å². The Bertz CT molecular complexity index is 1460. The first-order valence-corrected chi connectivity index (χ1v) is 13.5. The highest BCUT2D eigenvalue weighted by molar-refractivity contribution is 6.04. The molecule has 3 heterocycles. The number of aromatic nitrogens is 4. The predicted octanol–water partition coefficient (Wildman–Crippen LogP) is 3.16. The predicted molar refractivity (Wildman–Crippen MR) is 152 cm³/mol. The number of carbonyl (C=O) groups is 3. The molecular formula is C28H37N7O6. The van der Waals surface area contributed by atoms with Gasteiger partial charge in [-0.2, -0.15) is 5.10 Å². The summed E-state index contributed by atoms with van der Waals surface area (Å²) in [6, 6.07) is 4.85. The fourth-order valence-electron chi connectivity index (χ4n) is 4.38. The number of carbonyl (C=O) groups excluding carboxylic acids is 3. The lowest BCUT2D eigenvalue weighted by atomic mass is 10.1. The van der Waals surface area contributed by atoms with Gasteiger partial charge in [0.2, 0.25) is 11.9 Å². The summed E-state index contributed by atoms with van der Waals surface area (Å²) in [5, 5.41) is 9.92. The second-order valence-electron chi connectivity index (χ2n) is 10.7. The summed E-state index contributed by atoms with van der Waals surface area (Å²) in [5.41, 5.74) is 7.32. The van der Waals surface area contributed by atoms with Crippen molar-refractivity contribution < 1.29 is 28.6 Å². The van der Waals surface area contributed by atoms with Crippen molar-refractivity contribution >= 4 is 34.9 Å². The first kappa shape index (κ1) is 29.6. The topological polar surface area (TPSA) is 165 Å². The van der Waals surface area contributed by atoms with Crippen LogP contribution in [0.5, 0.6) is 5.75 Å². The van der Waals surface area contributed by atoms with Gasteiger partial charge in [-0.3, -0.25) is 19.6 Å². The molecule has 3 aromatic rings. The van der Waals surface area contributed by atoms with Crippen LogP contribution in [0.25, 0.3) is 11.0 Å². The first-order chi connectivity index (χ1) is 19.4. The van der Waals surface area contributed by atoms with Gasteiger partial charge >= 0.3 is 6.09 Å². The molecule has 1 fully saturated rings. The summed E-state index contributed by atoms with van der Waals surface area (Å²) in [4.78, 5) is 42.1. The lowest BCUT2D eigenvalue weighted by molar-refractivity contribution is 0.0533. The summed E-state index contributed by atoms with van der Waals surface area (Å²) >= 11 is 0. The second kappa shape index (κ2) is 12.4. The minimum Gasteiger partial charge on any atom is -0.486 e. The third-order valence-electron chi connectivity index (χ3n) is 6.15. The van der Waals surface area contributed by atoms with E-state index in [9.17, 15) is 14.4 Å². The van der Waals surface area contributed by atoms with E-state index in [4.69, 9.17) is 19.9 Å². The lowest BCUT2D eigenvalue weighted by Crippen LogP contribution is -2.32. The van der Waals surface area contributed by atoms with E-state index in [0.717, 1.165) is 0 Å². The van der Waals surface area contributed by atoms with Crippen molar-refractivity contribution in [1.82, 2.24) is 24.6 Å². The zero-order chi connectivity index (χ0) is 29.7. The van der Waals surface area contributed by atoms with Gasteiger partial charge in [-0.05, 0) is 52.8 Å². The fraction of sp³-hybridized carbons (Fsp3) is 0.464. The average Bonchev–Trinajstić information content (AvgIpc) is 3.61. The summed E-state index contributed by atoms with van der Waals surface area (Å²) in [6.07, 6.45) is 3.54. The van der Waals surface area contributed by atoms with E-state index in [1.54, 1.807) is 54.3 Å². The highest BCUT2D eigenvalue weighted by Crippen LogP contribution is 2.32. The molecule has 1 atom stereocenters. The number of imidazole rings is 1. The summed E-state index contributed by atoms with van der Waals surface area (Å²) in [5.74, 6) is -0.378. The Balaban J connectivity index is 1.68. The normalized spacial score (nSPS) is 15.4. The summed E-state index contributed by atoms with van der Waals surface area (Å²) in [6.45, 7) is 11.1. The molecular weight excluding hydrogens is 530 g/mol. The van der Waals surface area contributed by atoms with E-state index < -0.39 is 17.6 Å². The van der Waals surface area contributed by atoms with Crippen LogP contribution in [-0.2, 0) is 22.6 Å². The van der Waals surface area contributed by atoms with Crippen molar-refractivity contribution in [1.29, 1.82) is 0 Å². The van der Waals surface area contributed by atoms with Crippen LogP contribution in [0.15, 0.2) is 30.4 Å². The number of anilines is 1. The van der Waals surface area contributed by atoms with Gasteiger partial charge in [-0.1, -0.05) is 12.2 Å². The Morgan fingerprint density at radius 1 is 1.22 bits per heavy atom. The SMILES string of the molecule is CCn1nc(C)cc1C(=O)Nc1nc2cc(C(N)=O)cc(O[C@H]3CCOC3)c2n1C/C=C/CNC(=O)OC(C)(C)C. The maximum atomic E-state index is 13.3. The van der Waals surface area contributed by atoms with Gasteiger partial charge in [-0.15, -0.1) is 0 Å². The van der Waals surface area contributed by atoms with Crippen molar-refractivity contribution in [3.8, 4) is 5.75 Å². The molecule has 0 saturated carbocycles. The molecule has 2 aromatic heterocycles. The van der Waals surface area contributed by atoms with Crippen LogP contribution in [0, 0.1) is 6.92 Å². The zero-order valence-electron chi connectivity index (χ0n) is 24.0. The highest BCUT2D eigenvalue weighted by Gasteiger charge is 2.24. The van der Waals surface area contributed by atoms with Gasteiger partial charge in [0.1, 0.15) is 28.7 Å². The number of nitrogens with two attached hydrogens (primary N) is 1. The van der Waals surface area contributed by atoms with E-state index in [2.05, 4.69) is 20.7 Å². The molecule has 1 saturated heterocycles. The molecule has 1 aromatic carbocycles. The van der Waals surface area contributed by atoms with Crippen molar-refractivity contribution in [2.45, 2.75) is 65.8 Å². The van der Waals surface area contributed by atoms with Crippen molar-refractivity contribution in [3.63, 3.8) is 0 Å². The molecule has 0 radical (unpaired) electrons. The second-order valence-corrected chi connectivity index (χ2v) is 10.7. The minimum atomic E-state index is -0.630. The molecule has 4 N–H and O–H groups in total. The number of amides is 3. The summed E-state index contributed by atoms with van der Waals surface area (Å²) < 4.78 is 20.4. The van der Waals surface area contributed by atoms with E-state index in [-0.39, 0.29) is 36.6 Å². The number of allylic oxidation sites excluding steroid dienone is 1. The standard InChI is InChI=1S/C28H37N7O6/c1-6-35-21(13-17(2)33-35)25(37)32-26-31-20-14-18(24(29)36)15-22(40-19-9-12-39-16-19)23(20)34(26)11-8-7-10-30-27(38)41-28(3,4)5/h7-8,13-15,19H,6,9-12,16H2,1-5H3,(H2,29,36)(H,30,38)(H,31,32,37)/b8-7+/t19-/m0/s1. The molecule has 13 heteroatoms. The van der Waals surface area contributed by atoms with Gasteiger partial charge in [-0.25, -0.2) is 9.78 Å². The number of rotatable bonds is 10. The van der Waals surface area contributed by atoms with Crippen LogP contribution in [0.3, 0.4) is 0 Å². The molecule has 0 bridgehead atoms. The van der Waals surface area contributed by atoms with Crippen LogP contribution in [-0.4, -0.2) is 68.7 Å². The Hall–Kier alpha value is -4.39. The molecule has 13 nitrogen and oxygen atoms in total. The largest absolute Gasteiger partial charge is 0.486 e. The average molecular weight is 568 g/mol. The highest BCUT2D eigenvalue weighted by atomic mass is 16.6. The number of ether oxygens (including phenoxy) is 3. The number of nitrogens with zero attached hydrogens (tertiary/aromatic N) is 4. The number of benzene rings is 1. The van der Waals surface area contributed by atoms with Crippen LogP contribution < -0.4 is 21.1 Å². The molecule has 3 amide bonds. The third kappa shape index (κ3) is 7.42. The number of fused-ring (bicyclic) bond motifs is 1. The molecule has 1 aliphatic heterocycles. The van der Waals surface area contributed by atoms with Gasteiger partial charge < -0.3 is 29.8 Å². The quantitative estimate of drug-likeness (QED) is 0.314. The molecule has 0 unspecified atom stereocenters. The fourth-order valence-corrected chi connectivity index (χ4v) is 4.38. The van der Waals surface area contributed by atoms with E-state index in [1.807, 2.05) is 19.9 Å². The Kier molecular flexibility index (Phi) is 8.96. The molecule has 4 rings (SSSR count). The smallest absolute Gasteiger partial charge is 0.407 e. The number of aryl methyl sites for hydroxylation is 2. The van der Waals surface area contributed by atoms with Gasteiger partial charge in [0.25, 0.3) is 5.91 Å². The number of hydrogen-bond acceptors (Lipinski definition) is 8. The Morgan fingerprint density at radius 2 is 2.00 bits per heavy atom. The van der Waals surface area contributed by atoms with Crippen LogP contribution in [0.2, 0.25) is 0 Å². The van der Waals surface area contributed by atoms with Crippen molar-refractivity contribution in [3.05, 3.63) is 47.3 Å². The van der Waals surface area contributed by atoms with Crippen molar-refractivity contribution in [2.24, 2.45) is 5.73 Å². The number of hydrogen-bond donors (Lipinski definition) is 3. The van der Waals surface area contributed by atoms with Crippen molar-refractivity contribution in [2.75, 3.05) is 25.1 Å². The Labute approximate surface area is 238 Å². The van der Waals surface area contributed by atoms with E-state index in [1.165, 1.54) is 0 Å². The number of alkyl carbamates (subject to hydrolysis) is 1. The van der Waals surface area contributed by atoms with Crippen LogP contribution in [0.1, 0.15) is 60.7 Å². The third-order valence-corrected chi connectivity index (χ3v) is 6.15. The molecule has 220 valence electrons.